The molecular formula is C11H15NO. The molecule has 0 bridgehead atoms. The van der Waals surface area contributed by atoms with Crippen LogP contribution in [0.3, 0.4) is 0 Å². The molecule has 70 valence electrons. The fourth-order valence-corrected chi connectivity index (χ4v) is 1.12. The van der Waals surface area contributed by atoms with Gasteiger partial charge in [0.05, 0.1) is 0 Å². The van der Waals surface area contributed by atoms with Crippen molar-refractivity contribution >= 4 is 6.08 Å². The Morgan fingerprint density at radius 1 is 1.38 bits per heavy atom. The van der Waals surface area contributed by atoms with Crippen molar-refractivity contribution in [3.8, 4) is 0 Å². The molecule has 0 spiro atoms. The van der Waals surface area contributed by atoms with Crippen molar-refractivity contribution in [2.24, 2.45) is 5.73 Å². The van der Waals surface area contributed by atoms with Crippen molar-refractivity contribution in [3.63, 3.8) is 0 Å². The Hall–Kier alpha value is -1.12. The first-order valence-electron chi connectivity index (χ1n) is 4.43. The zero-order valence-corrected chi connectivity index (χ0v) is 7.61. The second-order valence-electron chi connectivity index (χ2n) is 2.86. The number of rotatable bonds is 4. The standard InChI is InChI=1S/C11H15NO/c12-9-11-6-3-5-10(8-11)4-1-2-7-13/h1,3-6,8,13H,2,7,9,12H2. The smallest absolute Gasteiger partial charge is 0.0465 e. The zero-order chi connectivity index (χ0) is 9.52. The Labute approximate surface area is 78.7 Å². The summed E-state index contributed by atoms with van der Waals surface area (Å²) in [5, 5.41) is 8.57. The molecule has 1 aromatic rings. The van der Waals surface area contributed by atoms with Crippen LogP contribution in [0.1, 0.15) is 17.5 Å². The van der Waals surface area contributed by atoms with E-state index >= 15 is 0 Å². The van der Waals surface area contributed by atoms with E-state index in [1.165, 1.54) is 0 Å². The van der Waals surface area contributed by atoms with Crippen LogP contribution < -0.4 is 5.73 Å². The summed E-state index contributed by atoms with van der Waals surface area (Å²) >= 11 is 0. The van der Waals surface area contributed by atoms with Gasteiger partial charge in [0.25, 0.3) is 0 Å². The molecule has 0 saturated carbocycles. The Kier molecular flexibility index (Phi) is 4.23. The first kappa shape index (κ1) is 9.96. The van der Waals surface area contributed by atoms with E-state index in [0.717, 1.165) is 11.1 Å². The van der Waals surface area contributed by atoms with E-state index in [4.69, 9.17) is 10.8 Å². The van der Waals surface area contributed by atoms with Gasteiger partial charge in [0.1, 0.15) is 0 Å². The zero-order valence-electron chi connectivity index (χ0n) is 7.61. The Morgan fingerprint density at radius 2 is 2.23 bits per heavy atom. The van der Waals surface area contributed by atoms with Gasteiger partial charge in [-0.05, 0) is 17.5 Å². The van der Waals surface area contributed by atoms with Gasteiger partial charge in [-0.15, -0.1) is 0 Å². The topological polar surface area (TPSA) is 46.2 Å². The second kappa shape index (κ2) is 5.51. The highest BCUT2D eigenvalue weighted by molar-refractivity contribution is 5.50. The van der Waals surface area contributed by atoms with Gasteiger partial charge >= 0.3 is 0 Å². The Balaban J connectivity index is 2.66. The van der Waals surface area contributed by atoms with Crippen molar-refractivity contribution in [2.75, 3.05) is 6.61 Å². The summed E-state index contributed by atoms with van der Waals surface area (Å²) in [6.07, 6.45) is 4.65. The van der Waals surface area contributed by atoms with Crippen LogP contribution >= 0.6 is 0 Å². The molecule has 0 aliphatic heterocycles. The third-order valence-electron chi connectivity index (χ3n) is 1.79. The van der Waals surface area contributed by atoms with Crippen LogP contribution in [0.4, 0.5) is 0 Å². The summed E-state index contributed by atoms with van der Waals surface area (Å²) in [5.41, 5.74) is 7.78. The van der Waals surface area contributed by atoms with Crippen LogP contribution in [0, 0.1) is 0 Å². The van der Waals surface area contributed by atoms with Crippen molar-refractivity contribution in [2.45, 2.75) is 13.0 Å². The van der Waals surface area contributed by atoms with Crippen LogP contribution in [-0.4, -0.2) is 11.7 Å². The molecule has 0 heterocycles. The summed E-state index contributed by atoms with van der Waals surface area (Å²) in [6.45, 7) is 0.773. The lowest BCUT2D eigenvalue weighted by atomic mass is 10.1. The summed E-state index contributed by atoms with van der Waals surface area (Å²) < 4.78 is 0. The van der Waals surface area contributed by atoms with Crippen molar-refractivity contribution in [3.05, 3.63) is 41.5 Å². The molecule has 13 heavy (non-hydrogen) atoms. The summed E-state index contributed by atoms with van der Waals surface area (Å²) in [4.78, 5) is 0. The molecule has 0 aliphatic rings. The maximum Gasteiger partial charge on any atom is 0.0465 e. The van der Waals surface area contributed by atoms with Gasteiger partial charge in [-0.1, -0.05) is 36.4 Å². The number of aliphatic hydroxyl groups is 1. The Bertz CT molecular complexity index is 281. The van der Waals surface area contributed by atoms with E-state index in [9.17, 15) is 0 Å². The average Bonchev–Trinajstić information content (AvgIpc) is 2.19. The van der Waals surface area contributed by atoms with Gasteiger partial charge in [0.2, 0.25) is 0 Å². The van der Waals surface area contributed by atoms with Crippen LogP contribution in [0.2, 0.25) is 0 Å². The third kappa shape index (κ3) is 3.40. The second-order valence-corrected chi connectivity index (χ2v) is 2.86. The maximum atomic E-state index is 8.57. The van der Waals surface area contributed by atoms with E-state index in [1.54, 1.807) is 0 Å². The van der Waals surface area contributed by atoms with E-state index in [0.29, 0.717) is 13.0 Å². The molecule has 1 aromatic carbocycles. The molecule has 0 radical (unpaired) electrons. The number of hydrogen-bond donors (Lipinski definition) is 2. The highest BCUT2D eigenvalue weighted by Crippen LogP contribution is 2.06. The summed E-state index contributed by atoms with van der Waals surface area (Å²) in [5.74, 6) is 0. The van der Waals surface area contributed by atoms with Crippen molar-refractivity contribution < 1.29 is 5.11 Å². The normalized spacial score (nSPS) is 10.9. The molecule has 3 N–H and O–H groups in total. The highest BCUT2D eigenvalue weighted by Gasteiger charge is 1.89. The van der Waals surface area contributed by atoms with Crippen LogP contribution in [0.25, 0.3) is 6.08 Å². The predicted molar refractivity (Wildman–Crippen MR) is 55.1 cm³/mol. The number of benzene rings is 1. The quantitative estimate of drug-likeness (QED) is 0.732. The van der Waals surface area contributed by atoms with E-state index < -0.39 is 0 Å². The number of nitrogens with two attached hydrogens (primary N) is 1. The van der Waals surface area contributed by atoms with Gasteiger partial charge in [-0.3, -0.25) is 0 Å². The highest BCUT2D eigenvalue weighted by atomic mass is 16.2. The monoisotopic (exact) mass is 177 g/mol. The van der Waals surface area contributed by atoms with Gasteiger partial charge in [-0.2, -0.15) is 0 Å². The minimum atomic E-state index is 0.201. The van der Waals surface area contributed by atoms with Gasteiger partial charge in [-0.25, -0.2) is 0 Å². The third-order valence-corrected chi connectivity index (χ3v) is 1.79. The maximum absolute atomic E-state index is 8.57. The lowest BCUT2D eigenvalue weighted by Crippen LogP contribution is -1.95. The molecule has 1 rings (SSSR count). The summed E-state index contributed by atoms with van der Waals surface area (Å²) in [7, 11) is 0. The number of hydrogen-bond acceptors (Lipinski definition) is 2. The lowest BCUT2D eigenvalue weighted by molar-refractivity contribution is 0.303. The first-order valence-corrected chi connectivity index (χ1v) is 4.43. The molecule has 0 aromatic heterocycles. The van der Waals surface area contributed by atoms with Gasteiger partial charge < -0.3 is 10.8 Å². The average molecular weight is 177 g/mol. The van der Waals surface area contributed by atoms with Crippen molar-refractivity contribution in [1.29, 1.82) is 0 Å². The van der Waals surface area contributed by atoms with Crippen LogP contribution in [0.5, 0.6) is 0 Å². The van der Waals surface area contributed by atoms with E-state index in [-0.39, 0.29) is 6.61 Å². The van der Waals surface area contributed by atoms with E-state index in [1.807, 2.05) is 36.4 Å². The lowest BCUT2D eigenvalue weighted by Gasteiger charge is -1.97. The Morgan fingerprint density at radius 3 is 2.92 bits per heavy atom. The molecule has 0 aliphatic carbocycles. The van der Waals surface area contributed by atoms with Crippen LogP contribution in [0.15, 0.2) is 30.3 Å². The molecule has 0 unspecified atom stereocenters. The van der Waals surface area contributed by atoms with E-state index in [2.05, 4.69) is 0 Å². The first-order chi connectivity index (χ1) is 6.36. The molecule has 2 heteroatoms. The molecule has 0 fully saturated rings. The molecule has 2 nitrogen and oxygen atoms in total. The molecule has 0 saturated heterocycles. The fourth-order valence-electron chi connectivity index (χ4n) is 1.12. The largest absolute Gasteiger partial charge is 0.396 e. The fraction of sp³-hybridized carbons (Fsp3) is 0.273. The summed E-state index contributed by atoms with van der Waals surface area (Å²) in [6, 6.07) is 8.06. The predicted octanol–water partition coefficient (Wildman–Crippen LogP) is 1.54. The molecular weight excluding hydrogens is 162 g/mol. The SMILES string of the molecule is NCc1cccc(C=CCCO)c1. The molecule has 0 atom stereocenters. The van der Waals surface area contributed by atoms with Gasteiger partial charge in [0.15, 0.2) is 0 Å². The number of aliphatic hydroxyl groups excluding tert-OH is 1. The molecule has 0 amide bonds. The van der Waals surface area contributed by atoms with Gasteiger partial charge in [0, 0.05) is 13.2 Å². The minimum absolute atomic E-state index is 0.201. The van der Waals surface area contributed by atoms with Crippen molar-refractivity contribution in [1.82, 2.24) is 0 Å². The minimum Gasteiger partial charge on any atom is -0.396 e. The van der Waals surface area contributed by atoms with Crippen LogP contribution in [-0.2, 0) is 6.54 Å².